The van der Waals surface area contributed by atoms with Crippen LogP contribution in [-0.2, 0) is 15.6 Å². The van der Waals surface area contributed by atoms with Gasteiger partial charge >= 0.3 is 0 Å². The Kier molecular flexibility index (Phi) is 4.76. The van der Waals surface area contributed by atoms with E-state index < -0.39 is 10.8 Å². The van der Waals surface area contributed by atoms with Gasteiger partial charge < -0.3 is 11.1 Å². The zero-order valence-electron chi connectivity index (χ0n) is 10.5. The number of nitrogen functional groups attached to an aromatic ring is 1. The Labute approximate surface area is 124 Å². The number of amides is 1. The largest absolute Gasteiger partial charge is 0.399 e. The fraction of sp³-hybridized carbons (Fsp3) is 0.0714. The molecule has 1 amide bonds. The summed E-state index contributed by atoms with van der Waals surface area (Å²) in [5.41, 5.74) is 6.75. The highest BCUT2D eigenvalue weighted by Crippen LogP contribution is 2.22. The number of hydrogen-bond acceptors (Lipinski definition) is 3. The van der Waals surface area contributed by atoms with Crippen molar-refractivity contribution in [1.29, 1.82) is 0 Å². The molecule has 0 saturated heterocycles. The van der Waals surface area contributed by atoms with Gasteiger partial charge in [0.25, 0.3) is 0 Å². The molecule has 2 rings (SSSR count). The fourth-order valence-corrected chi connectivity index (χ4v) is 3.00. The zero-order valence-corrected chi connectivity index (χ0v) is 12.1. The molecule has 2 aromatic carbocycles. The molecule has 3 N–H and O–H groups in total. The van der Waals surface area contributed by atoms with Gasteiger partial charge in [-0.1, -0.05) is 29.8 Å². The second-order valence-electron chi connectivity index (χ2n) is 4.09. The maximum atomic E-state index is 12.1. The van der Waals surface area contributed by atoms with Crippen LogP contribution in [0.1, 0.15) is 0 Å². The zero-order chi connectivity index (χ0) is 14.5. The Bertz CT molecular complexity index is 647. The average molecular weight is 309 g/mol. The molecule has 20 heavy (non-hydrogen) atoms. The Morgan fingerprint density at radius 2 is 1.90 bits per heavy atom. The second kappa shape index (κ2) is 6.54. The van der Waals surface area contributed by atoms with Crippen molar-refractivity contribution >= 4 is 39.7 Å². The summed E-state index contributed by atoms with van der Waals surface area (Å²) in [5.74, 6) is -0.508. The quantitative estimate of drug-likeness (QED) is 0.853. The van der Waals surface area contributed by atoms with Crippen LogP contribution in [0.2, 0.25) is 5.02 Å². The maximum Gasteiger partial charge on any atom is 0.237 e. The molecule has 0 aromatic heterocycles. The van der Waals surface area contributed by atoms with Crippen LogP contribution in [0.4, 0.5) is 11.4 Å². The topological polar surface area (TPSA) is 72.2 Å². The van der Waals surface area contributed by atoms with Crippen molar-refractivity contribution in [2.75, 3.05) is 16.8 Å². The predicted octanol–water partition coefficient (Wildman–Crippen LogP) is 2.67. The van der Waals surface area contributed by atoms with Gasteiger partial charge in [-0.25, -0.2) is 0 Å². The van der Waals surface area contributed by atoms with E-state index in [1.807, 2.05) is 6.07 Å². The molecule has 0 aliphatic rings. The fourth-order valence-electron chi connectivity index (χ4n) is 1.61. The minimum atomic E-state index is -1.53. The highest BCUT2D eigenvalue weighted by atomic mass is 35.5. The number of para-hydroxylation sites is 1. The van der Waals surface area contributed by atoms with Crippen molar-refractivity contribution in [2.24, 2.45) is 0 Å². The highest BCUT2D eigenvalue weighted by Gasteiger charge is 2.13. The summed E-state index contributed by atoms with van der Waals surface area (Å²) in [6.45, 7) is 0. The van der Waals surface area contributed by atoms with E-state index >= 15 is 0 Å². The molecule has 4 nitrogen and oxygen atoms in total. The SMILES string of the molecule is Nc1ccc(Cl)c(S(=O)CC(=O)Nc2ccccc2)c1. The van der Waals surface area contributed by atoms with Gasteiger partial charge in [-0.3, -0.25) is 9.00 Å². The van der Waals surface area contributed by atoms with Crippen LogP contribution in [0, 0.1) is 0 Å². The van der Waals surface area contributed by atoms with E-state index in [0.717, 1.165) is 0 Å². The molecule has 6 heteroatoms. The van der Waals surface area contributed by atoms with E-state index in [-0.39, 0.29) is 11.7 Å². The number of nitrogens with two attached hydrogens (primary N) is 1. The van der Waals surface area contributed by atoms with Crippen molar-refractivity contribution in [1.82, 2.24) is 0 Å². The highest BCUT2D eigenvalue weighted by molar-refractivity contribution is 7.86. The van der Waals surface area contributed by atoms with Gasteiger partial charge in [0.05, 0.1) is 20.7 Å². The van der Waals surface area contributed by atoms with Crippen LogP contribution >= 0.6 is 11.6 Å². The summed E-state index contributed by atoms with van der Waals surface area (Å²) < 4.78 is 12.1. The first-order valence-electron chi connectivity index (χ1n) is 5.84. The number of hydrogen-bond donors (Lipinski definition) is 2. The predicted molar refractivity (Wildman–Crippen MR) is 82.2 cm³/mol. The summed E-state index contributed by atoms with van der Waals surface area (Å²) >= 11 is 5.95. The van der Waals surface area contributed by atoms with E-state index in [0.29, 0.717) is 21.3 Å². The average Bonchev–Trinajstić information content (AvgIpc) is 2.42. The first-order valence-corrected chi connectivity index (χ1v) is 7.54. The van der Waals surface area contributed by atoms with E-state index in [2.05, 4.69) is 5.32 Å². The Hall–Kier alpha value is -1.85. The lowest BCUT2D eigenvalue weighted by Crippen LogP contribution is -2.19. The maximum absolute atomic E-state index is 12.1. The van der Waals surface area contributed by atoms with E-state index in [4.69, 9.17) is 17.3 Å². The van der Waals surface area contributed by atoms with Crippen molar-refractivity contribution in [3.05, 3.63) is 53.6 Å². The lowest BCUT2D eigenvalue weighted by Gasteiger charge is -2.07. The third-order valence-corrected chi connectivity index (χ3v) is 4.31. The molecule has 0 spiro atoms. The van der Waals surface area contributed by atoms with E-state index in [1.54, 1.807) is 36.4 Å². The molecule has 0 radical (unpaired) electrons. The lowest BCUT2D eigenvalue weighted by atomic mass is 10.3. The normalized spacial score (nSPS) is 11.8. The van der Waals surface area contributed by atoms with Crippen molar-refractivity contribution in [3.63, 3.8) is 0 Å². The van der Waals surface area contributed by atoms with Gasteiger partial charge in [-0.15, -0.1) is 0 Å². The van der Waals surface area contributed by atoms with Gasteiger partial charge in [0.2, 0.25) is 5.91 Å². The number of halogens is 1. The minimum Gasteiger partial charge on any atom is -0.399 e. The Morgan fingerprint density at radius 1 is 1.20 bits per heavy atom. The van der Waals surface area contributed by atoms with Gasteiger partial charge in [0.15, 0.2) is 0 Å². The Balaban J connectivity index is 2.04. The molecule has 0 heterocycles. The third-order valence-electron chi connectivity index (χ3n) is 2.52. The van der Waals surface area contributed by atoms with Crippen LogP contribution < -0.4 is 11.1 Å². The minimum absolute atomic E-state index is 0.169. The van der Waals surface area contributed by atoms with Crippen molar-refractivity contribution in [2.45, 2.75) is 4.90 Å². The van der Waals surface area contributed by atoms with Crippen LogP contribution in [0.3, 0.4) is 0 Å². The molecule has 1 atom stereocenters. The number of rotatable bonds is 4. The summed E-state index contributed by atoms with van der Waals surface area (Å²) in [6.07, 6.45) is 0. The summed E-state index contributed by atoms with van der Waals surface area (Å²) in [7, 11) is -1.53. The van der Waals surface area contributed by atoms with Gasteiger partial charge in [0, 0.05) is 11.4 Å². The van der Waals surface area contributed by atoms with Crippen LogP contribution in [0.5, 0.6) is 0 Å². The number of carbonyl (C=O) groups is 1. The number of anilines is 2. The summed E-state index contributed by atoms with van der Waals surface area (Å²) in [6, 6.07) is 13.7. The first kappa shape index (κ1) is 14.6. The van der Waals surface area contributed by atoms with Crippen molar-refractivity contribution < 1.29 is 9.00 Å². The van der Waals surface area contributed by atoms with Crippen molar-refractivity contribution in [3.8, 4) is 0 Å². The monoisotopic (exact) mass is 308 g/mol. The van der Waals surface area contributed by atoms with Gasteiger partial charge in [0.1, 0.15) is 5.75 Å². The summed E-state index contributed by atoms with van der Waals surface area (Å²) in [4.78, 5) is 12.2. The number of nitrogens with one attached hydrogen (secondary N) is 1. The van der Waals surface area contributed by atoms with E-state index in [9.17, 15) is 9.00 Å². The Morgan fingerprint density at radius 3 is 2.60 bits per heavy atom. The lowest BCUT2D eigenvalue weighted by molar-refractivity contribution is -0.113. The molecule has 0 saturated carbocycles. The molecule has 0 bridgehead atoms. The standard InChI is InChI=1S/C14H13ClN2O2S/c15-12-7-6-10(16)8-13(12)20(19)9-14(18)17-11-4-2-1-3-5-11/h1-8H,9,16H2,(H,17,18). The second-order valence-corrected chi connectivity index (χ2v) is 5.92. The molecular weight excluding hydrogens is 296 g/mol. The van der Waals surface area contributed by atoms with Crippen LogP contribution in [-0.4, -0.2) is 15.9 Å². The molecule has 2 aromatic rings. The third kappa shape index (κ3) is 3.82. The van der Waals surface area contributed by atoms with Crippen LogP contribution in [0.15, 0.2) is 53.4 Å². The number of benzene rings is 2. The van der Waals surface area contributed by atoms with Crippen LogP contribution in [0.25, 0.3) is 0 Å². The molecular formula is C14H13ClN2O2S. The number of carbonyl (C=O) groups excluding carboxylic acids is 1. The van der Waals surface area contributed by atoms with E-state index in [1.165, 1.54) is 6.07 Å². The summed E-state index contributed by atoms with van der Waals surface area (Å²) in [5, 5.41) is 3.01. The smallest absolute Gasteiger partial charge is 0.237 e. The molecule has 0 aliphatic heterocycles. The molecule has 104 valence electrons. The van der Waals surface area contributed by atoms with Gasteiger partial charge in [-0.05, 0) is 30.3 Å². The van der Waals surface area contributed by atoms with Gasteiger partial charge in [-0.2, -0.15) is 0 Å². The molecule has 1 unspecified atom stereocenters. The molecule has 0 fully saturated rings. The molecule has 0 aliphatic carbocycles. The first-order chi connectivity index (χ1) is 9.56.